The number of esters is 1. The van der Waals surface area contributed by atoms with Gasteiger partial charge in [-0.3, -0.25) is 0 Å². The van der Waals surface area contributed by atoms with E-state index in [-0.39, 0.29) is 17.4 Å². The summed E-state index contributed by atoms with van der Waals surface area (Å²) in [7, 11) is 5.47. The molecule has 2 atom stereocenters. The van der Waals surface area contributed by atoms with E-state index in [0.717, 1.165) is 43.1 Å². The molecule has 2 aromatic rings. The number of thiophene rings is 1. The third kappa shape index (κ3) is 3.20. The number of ether oxygens (including phenoxy) is 3. The zero-order valence-electron chi connectivity index (χ0n) is 16.4. The number of rotatable bonds is 5. The molecule has 4 rings (SSSR count). The molecule has 0 N–H and O–H groups in total. The Hall–Kier alpha value is -2.31. The molecular formula is C22H25NO4S. The average molecular weight is 400 g/mol. The smallest absolute Gasteiger partial charge is 0.353 e. The van der Waals surface area contributed by atoms with Gasteiger partial charge in [0.2, 0.25) is 0 Å². The highest BCUT2D eigenvalue weighted by molar-refractivity contribution is 7.11. The van der Waals surface area contributed by atoms with Crippen LogP contribution in [-0.4, -0.2) is 44.7 Å². The van der Waals surface area contributed by atoms with Gasteiger partial charge in [0, 0.05) is 17.9 Å². The van der Waals surface area contributed by atoms with E-state index in [2.05, 4.69) is 30.2 Å². The van der Waals surface area contributed by atoms with Crippen LogP contribution in [0.25, 0.3) is 0 Å². The minimum atomic E-state index is -0.263. The maximum atomic E-state index is 12.4. The molecule has 5 nitrogen and oxygen atoms in total. The number of methoxy groups -OCH3 is 2. The molecule has 0 bridgehead atoms. The molecule has 148 valence electrons. The molecule has 2 heterocycles. The average Bonchev–Trinajstić information content (AvgIpc) is 3.37. The molecule has 0 radical (unpaired) electrons. The van der Waals surface area contributed by atoms with Crippen LogP contribution in [0.5, 0.6) is 11.5 Å². The van der Waals surface area contributed by atoms with Gasteiger partial charge >= 0.3 is 5.97 Å². The topological polar surface area (TPSA) is 48.0 Å². The van der Waals surface area contributed by atoms with Crippen molar-refractivity contribution in [2.75, 3.05) is 27.8 Å². The van der Waals surface area contributed by atoms with Gasteiger partial charge < -0.3 is 19.1 Å². The highest BCUT2D eigenvalue weighted by atomic mass is 32.1. The van der Waals surface area contributed by atoms with Crippen LogP contribution < -0.4 is 9.47 Å². The van der Waals surface area contributed by atoms with Crippen LogP contribution in [-0.2, 0) is 10.2 Å². The first-order valence-corrected chi connectivity index (χ1v) is 10.3. The maximum Gasteiger partial charge on any atom is 0.353 e. The minimum absolute atomic E-state index is 0.00680. The summed E-state index contributed by atoms with van der Waals surface area (Å²) in [5.74, 6) is 2.00. The minimum Gasteiger partial charge on any atom is -0.493 e. The Bertz CT molecular complexity index is 892. The number of carbonyl (C=O) groups is 1. The Morgan fingerprint density at radius 2 is 2.04 bits per heavy atom. The fourth-order valence-corrected chi connectivity index (χ4v) is 5.13. The molecule has 6 heteroatoms. The van der Waals surface area contributed by atoms with E-state index in [1.807, 2.05) is 17.5 Å². The van der Waals surface area contributed by atoms with Gasteiger partial charge in [0.25, 0.3) is 0 Å². The molecule has 2 aliphatic rings. The number of fused-ring (bicyclic) bond motifs is 1. The second kappa shape index (κ2) is 7.60. The molecule has 0 saturated carbocycles. The number of nitrogens with zero attached hydrogens (tertiary/aromatic N) is 1. The number of likely N-dealkylation sites (tertiary alicyclic amines) is 1. The normalized spacial score (nSPS) is 24.4. The Morgan fingerprint density at radius 1 is 1.21 bits per heavy atom. The van der Waals surface area contributed by atoms with E-state index < -0.39 is 0 Å². The van der Waals surface area contributed by atoms with Crippen LogP contribution in [0.4, 0.5) is 0 Å². The molecule has 0 amide bonds. The molecule has 0 spiro atoms. The lowest BCUT2D eigenvalue weighted by Gasteiger charge is -2.40. The van der Waals surface area contributed by atoms with Crippen molar-refractivity contribution in [1.29, 1.82) is 0 Å². The number of benzene rings is 1. The lowest BCUT2D eigenvalue weighted by atomic mass is 9.68. The van der Waals surface area contributed by atoms with Crippen LogP contribution in [0, 0.1) is 0 Å². The Kier molecular flexibility index (Phi) is 5.17. The zero-order valence-corrected chi connectivity index (χ0v) is 17.3. The van der Waals surface area contributed by atoms with Crippen LogP contribution in [0.3, 0.4) is 0 Å². The Morgan fingerprint density at radius 3 is 2.75 bits per heavy atom. The standard InChI is InChI=1S/C22H25NO4S/c1-23-11-10-22(15-6-7-17(25-2)18(13-15)26-3)9-8-16(14-20(22)23)27-21(24)19-5-4-12-28-19/h4-8,12-13,20H,9-11,14H2,1-3H3/t20-,22-/m0/s1. The van der Waals surface area contributed by atoms with E-state index in [0.29, 0.717) is 4.88 Å². The highest BCUT2D eigenvalue weighted by Gasteiger charge is 2.49. The van der Waals surface area contributed by atoms with E-state index in [4.69, 9.17) is 14.2 Å². The van der Waals surface area contributed by atoms with Crippen LogP contribution >= 0.6 is 11.3 Å². The van der Waals surface area contributed by atoms with Gasteiger partial charge in [-0.1, -0.05) is 12.1 Å². The van der Waals surface area contributed by atoms with Crippen molar-refractivity contribution in [2.24, 2.45) is 0 Å². The largest absolute Gasteiger partial charge is 0.493 e. The van der Waals surface area contributed by atoms with E-state index in [1.165, 1.54) is 16.9 Å². The number of carbonyl (C=O) groups excluding carboxylic acids is 1. The van der Waals surface area contributed by atoms with Crippen molar-refractivity contribution in [2.45, 2.75) is 30.7 Å². The van der Waals surface area contributed by atoms with Crippen molar-refractivity contribution in [1.82, 2.24) is 4.90 Å². The summed E-state index contributed by atoms with van der Waals surface area (Å²) in [6.45, 7) is 1.01. The summed E-state index contributed by atoms with van der Waals surface area (Å²) in [5, 5.41) is 1.89. The summed E-state index contributed by atoms with van der Waals surface area (Å²) < 4.78 is 16.6. The lowest BCUT2D eigenvalue weighted by Crippen LogP contribution is -2.43. The van der Waals surface area contributed by atoms with E-state index in [1.54, 1.807) is 20.3 Å². The molecule has 0 unspecified atom stereocenters. The number of hydrogen-bond acceptors (Lipinski definition) is 6. The molecule has 1 aliphatic carbocycles. The van der Waals surface area contributed by atoms with Gasteiger partial charge in [-0.15, -0.1) is 11.3 Å². The first-order valence-electron chi connectivity index (χ1n) is 9.45. The SMILES string of the molecule is COc1ccc([C@@]23CC=C(OC(=O)c4cccs4)C[C@@H]2N(C)CC3)cc1OC. The predicted molar refractivity (Wildman–Crippen MR) is 109 cm³/mol. The second-order valence-electron chi connectivity index (χ2n) is 7.42. The van der Waals surface area contributed by atoms with Crippen LogP contribution in [0.2, 0.25) is 0 Å². The van der Waals surface area contributed by atoms with Gasteiger partial charge in [0.1, 0.15) is 10.6 Å². The Balaban J connectivity index is 1.62. The van der Waals surface area contributed by atoms with Crippen molar-refractivity contribution in [3.05, 3.63) is 58.0 Å². The van der Waals surface area contributed by atoms with Gasteiger partial charge in [-0.05, 0) is 61.7 Å². The van der Waals surface area contributed by atoms with Crippen LogP contribution in [0.1, 0.15) is 34.5 Å². The number of hydrogen-bond donors (Lipinski definition) is 0. The summed E-state index contributed by atoms with van der Waals surface area (Å²) in [5.41, 5.74) is 1.24. The summed E-state index contributed by atoms with van der Waals surface area (Å²) in [4.78, 5) is 15.4. The number of allylic oxidation sites excluding steroid dienone is 1. The summed E-state index contributed by atoms with van der Waals surface area (Å²) in [6.07, 6.45) is 4.72. The van der Waals surface area contributed by atoms with Gasteiger partial charge in [-0.25, -0.2) is 4.79 Å². The van der Waals surface area contributed by atoms with Crippen molar-refractivity contribution in [3.63, 3.8) is 0 Å². The van der Waals surface area contributed by atoms with Crippen molar-refractivity contribution >= 4 is 17.3 Å². The highest BCUT2D eigenvalue weighted by Crippen LogP contribution is 2.49. The zero-order chi connectivity index (χ0) is 19.7. The monoisotopic (exact) mass is 399 g/mol. The predicted octanol–water partition coefficient (Wildman–Crippen LogP) is 4.24. The third-order valence-electron chi connectivity index (χ3n) is 6.07. The fraction of sp³-hybridized carbons (Fsp3) is 0.409. The number of likely N-dealkylation sites (N-methyl/N-ethyl adjacent to an activating group) is 1. The molecule has 28 heavy (non-hydrogen) atoms. The summed E-state index contributed by atoms with van der Waals surface area (Å²) >= 11 is 1.41. The molecule has 1 aliphatic heterocycles. The molecule has 1 aromatic heterocycles. The third-order valence-corrected chi connectivity index (χ3v) is 6.92. The van der Waals surface area contributed by atoms with Crippen molar-refractivity contribution < 1.29 is 19.0 Å². The molecule has 1 saturated heterocycles. The van der Waals surface area contributed by atoms with Gasteiger partial charge in [-0.2, -0.15) is 0 Å². The molecule has 1 aromatic carbocycles. The van der Waals surface area contributed by atoms with Gasteiger partial charge in [0.05, 0.1) is 14.2 Å². The maximum absolute atomic E-state index is 12.4. The molecule has 1 fully saturated rings. The van der Waals surface area contributed by atoms with E-state index >= 15 is 0 Å². The Labute approximate surface area is 169 Å². The summed E-state index contributed by atoms with van der Waals surface area (Å²) in [6, 6.07) is 10.2. The van der Waals surface area contributed by atoms with Crippen LogP contribution in [0.15, 0.2) is 47.5 Å². The van der Waals surface area contributed by atoms with Crippen molar-refractivity contribution in [3.8, 4) is 11.5 Å². The second-order valence-corrected chi connectivity index (χ2v) is 8.37. The van der Waals surface area contributed by atoms with Gasteiger partial charge in [0.15, 0.2) is 11.5 Å². The molecular weight excluding hydrogens is 374 g/mol. The first-order chi connectivity index (χ1) is 13.6. The lowest BCUT2D eigenvalue weighted by molar-refractivity contribution is 0.0585. The van der Waals surface area contributed by atoms with E-state index in [9.17, 15) is 4.79 Å². The fourth-order valence-electron chi connectivity index (χ4n) is 4.53. The quantitative estimate of drug-likeness (QED) is 0.704. The first kappa shape index (κ1) is 19.0.